The molecule has 1 heterocycles. The minimum Gasteiger partial charge on any atom is -0.494 e. The van der Waals surface area contributed by atoms with Gasteiger partial charge in [0.05, 0.1) is 11.5 Å². The Bertz CT molecular complexity index is 730. The normalized spacial score (nSPS) is 16.6. The average Bonchev–Trinajstić information content (AvgIpc) is 2.95. The van der Waals surface area contributed by atoms with E-state index in [2.05, 4.69) is 6.92 Å². The van der Waals surface area contributed by atoms with Crippen LogP contribution < -0.4 is 4.74 Å². The van der Waals surface area contributed by atoms with Crippen molar-refractivity contribution in [3.8, 4) is 5.75 Å². The van der Waals surface area contributed by atoms with Gasteiger partial charge in [0.15, 0.2) is 0 Å². The minimum atomic E-state index is -1.08. The zero-order valence-corrected chi connectivity index (χ0v) is 18.0. The third-order valence-electron chi connectivity index (χ3n) is 4.51. The molecule has 1 N–H and O–H groups in total. The third-order valence-corrected chi connectivity index (χ3v) is 5.84. The van der Waals surface area contributed by atoms with Crippen LogP contribution >= 0.6 is 24.0 Å². The van der Waals surface area contributed by atoms with Gasteiger partial charge < -0.3 is 9.84 Å². The molecule has 1 atom stereocenters. The van der Waals surface area contributed by atoms with E-state index in [-0.39, 0.29) is 10.2 Å². The number of carboxylic acid groups (broad SMARTS) is 1. The molecule has 0 radical (unpaired) electrons. The molecule has 1 aliphatic rings. The first kappa shape index (κ1) is 22.4. The van der Waals surface area contributed by atoms with E-state index in [1.54, 1.807) is 6.08 Å². The summed E-state index contributed by atoms with van der Waals surface area (Å²) in [7, 11) is 0. The summed E-state index contributed by atoms with van der Waals surface area (Å²) in [5.74, 6) is -0.643. The van der Waals surface area contributed by atoms with Crippen molar-refractivity contribution >= 4 is 46.3 Å². The van der Waals surface area contributed by atoms with Gasteiger partial charge in [0, 0.05) is 0 Å². The van der Waals surface area contributed by atoms with Crippen LogP contribution in [0.15, 0.2) is 29.2 Å². The van der Waals surface area contributed by atoms with Gasteiger partial charge in [0.1, 0.15) is 16.1 Å². The molecule has 28 heavy (non-hydrogen) atoms. The number of carbonyl (C=O) groups is 2. The van der Waals surface area contributed by atoms with E-state index >= 15 is 0 Å². The highest BCUT2D eigenvalue weighted by Gasteiger charge is 2.38. The second-order valence-electron chi connectivity index (χ2n) is 6.75. The quantitative estimate of drug-likeness (QED) is 0.305. The van der Waals surface area contributed by atoms with Crippen LogP contribution in [0.25, 0.3) is 6.08 Å². The van der Waals surface area contributed by atoms with Gasteiger partial charge in [-0.2, -0.15) is 0 Å². The summed E-state index contributed by atoms with van der Waals surface area (Å²) in [6, 6.07) is 6.54. The highest BCUT2D eigenvalue weighted by Crippen LogP contribution is 2.34. The Morgan fingerprint density at radius 1 is 1.21 bits per heavy atom. The van der Waals surface area contributed by atoms with Crippen LogP contribution in [-0.2, 0) is 9.59 Å². The average molecular weight is 422 g/mol. The fourth-order valence-corrected chi connectivity index (χ4v) is 4.23. The van der Waals surface area contributed by atoms with Crippen molar-refractivity contribution in [3.63, 3.8) is 0 Å². The minimum absolute atomic E-state index is 0.269. The van der Waals surface area contributed by atoms with Gasteiger partial charge in [-0.25, -0.2) is 4.79 Å². The molecule has 1 amide bonds. The number of aliphatic carboxylic acids is 1. The number of nitrogens with zero attached hydrogens (tertiary/aromatic N) is 1. The van der Waals surface area contributed by atoms with Gasteiger partial charge >= 0.3 is 5.97 Å². The van der Waals surface area contributed by atoms with Gasteiger partial charge in [0.25, 0.3) is 5.91 Å². The first-order chi connectivity index (χ1) is 13.4. The van der Waals surface area contributed by atoms with Gasteiger partial charge in [-0.1, -0.05) is 75.1 Å². The van der Waals surface area contributed by atoms with Crippen molar-refractivity contribution in [2.24, 2.45) is 0 Å². The Kier molecular flexibility index (Phi) is 8.99. The molecule has 0 spiro atoms. The van der Waals surface area contributed by atoms with Crippen LogP contribution in [0, 0.1) is 0 Å². The first-order valence-electron chi connectivity index (χ1n) is 9.66. The van der Waals surface area contributed by atoms with E-state index in [9.17, 15) is 9.59 Å². The standard InChI is InChI=1S/C21H27NO4S2/c1-3-4-5-6-7-8-13-26-17-11-9-16(10-12-17)14-18-19(23)22(21(27)28-18)15(2)20(24)25/h9-12,14-15H,3-8,13H2,1-2H3,(H,24,25)/b18-14+/t15-/m1/s1. The van der Waals surface area contributed by atoms with Crippen LogP contribution in [0.1, 0.15) is 57.9 Å². The number of amides is 1. The van der Waals surface area contributed by atoms with E-state index < -0.39 is 12.0 Å². The molecule has 1 fully saturated rings. The summed E-state index contributed by atoms with van der Waals surface area (Å²) < 4.78 is 6.03. The van der Waals surface area contributed by atoms with Gasteiger partial charge in [-0.15, -0.1) is 0 Å². The third kappa shape index (κ3) is 6.34. The molecule has 0 aliphatic carbocycles. The molecule has 1 saturated heterocycles. The number of rotatable bonds is 11. The molecule has 1 aliphatic heterocycles. The maximum Gasteiger partial charge on any atom is 0.326 e. The molecule has 0 aromatic heterocycles. The zero-order valence-electron chi connectivity index (χ0n) is 16.3. The predicted octanol–water partition coefficient (Wildman–Crippen LogP) is 5.10. The molecular weight excluding hydrogens is 394 g/mol. The lowest BCUT2D eigenvalue weighted by molar-refractivity contribution is -0.144. The molecule has 0 saturated carbocycles. The van der Waals surface area contributed by atoms with Crippen molar-refractivity contribution < 1.29 is 19.4 Å². The molecule has 1 aromatic carbocycles. The molecule has 0 unspecified atom stereocenters. The number of hydrogen-bond donors (Lipinski definition) is 1. The lowest BCUT2D eigenvalue weighted by Crippen LogP contribution is -2.41. The van der Waals surface area contributed by atoms with Crippen LogP contribution in [0.2, 0.25) is 0 Å². The molecule has 1 aromatic rings. The van der Waals surface area contributed by atoms with Crippen molar-refractivity contribution in [2.75, 3.05) is 6.61 Å². The van der Waals surface area contributed by atoms with Gasteiger partial charge in [-0.3, -0.25) is 9.69 Å². The number of carboxylic acids is 1. The summed E-state index contributed by atoms with van der Waals surface area (Å²) >= 11 is 6.29. The zero-order chi connectivity index (χ0) is 20.5. The molecule has 5 nitrogen and oxygen atoms in total. The van der Waals surface area contributed by atoms with E-state index in [1.165, 1.54) is 39.0 Å². The Hall–Kier alpha value is -1.86. The number of benzene rings is 1. The van der Waals surface area contributed by atoms with Gasteiger partial charge in [0.2, 0.25) is 0 Å². The second kappa shape index (κ2) is 11.2. The lowest BCUT2D eigenvalue weighted by Gasteiger charge is -2.18. The van der Waals surface area contributed by atoms with E-state index in [0.717, 1.165) is 34.4 Å². The number of hydrogen-bond acceptors (Lipinski definition) is 5. The number of unbranched alkanes of at least 4 members (excludes halogenated alkanes) is 5. The Morgan fingerprint density at radius 3 is 2.50 bits per heavy atom. The Labute approximate surface area is 176 Å². The number of carbonyl (C=O) groups excluding carboxylic acids is 1. The summed E-state index contributed by atoms with van der Waals surface area (Å²) in [5, 5.41) is 9.13. The van der Waals surface area contributed by atoms with Crippen LogP contribution in [-0.4, -0.2) is 38.9 Å². The van der Waals surface area contributed by atoms with Crippen molar-refractivity contribution in [1.29, 1.82) is 0 Å². The molecule has 152 valence electrons. The number of ether oxygens (including phenoxy) is 1. The van der Waals surface area contributed by atoms with Crippen LogP contribution in [0.5, 0.6) is 5.75 Å². The summed E-state index contributed by atoms with van der Waals surface area (Å²) in [5.41, 5.74) is 0.843. The smallest absolute Gasteiger partial charge is 0.326 e. The summed E-state index contributed by atoms with van der Waals surface area (Å²) in [4.78, 5) is 25.2. The maximum absolute atomic E-state index is 12.5. The largest absolute Gasteiger partial charge is 0.494 e. The molecular formula is C21H27NO4S2. The van der Waals surface area contributed by atoms with Gasteiger partial charge in [-0.05, 0) is 37.1 Å². The van der Waals surface area contributed by atoms with Crippen molar-refractivity contribution in [2.45, 2.75) is 58.4 Å². The number of thiocarbonyl (C=S) groups is 1. The Morgan fingerprint density at radius 2 is 1.86 bits per heavy atom. The lowest BCUT2D eigenvalue weighted by atomic mass is 10.1. The van der Waals surface area contributed by atoms with Crippen molar-refractivity contribution in [3.05, 3.63) is 34.7 Å². The van der Waals surface area contributed by atoms with E-state index in [1.807, 2.05) is 24.3 Å². The molecule has 0 bridgehead atoms. The fourth-order valence-electron chi connectivity index (χ4n) is 2.81. The molecule has 7 heteroatoms. The SMILES string of the molecule is CCCCCCCCOc1ccc(/C=C2/SC(=S)N([C@H](C)C(=O)O)C2=O)cc1. The number of thioether (sulfide) groups is 1. The van der Waals surface area contributed by atoms with Crippen LogP contribution in [0.4, 0.5) is 0 Å². The highest BCUT2D eigenvalue weighted by atomic mass is 32.2. The van der Waals surface area contributed by atoms with Crippen molar-refractivity contribution in [1.82, 2.24) is 4.90 Å². The van der Waals surface area contributed by atoms with E-state index in [4.69, 9.17) is 22.1 Å². The maximum atomic E-state index is 12.5. The van der Waals surface area contributed by atoms with E-state index in [0.29, 0.717) is 11.5 Å². The predicted molar refractivity (Wildman–Crippen MR) is 117 cm³/mol. The topological polar surface area (TPSA) is 66.8 Å². The first-order valence-corrected chi connectivity index (χ1v) is 10.9. The Balaban J connectivity index is 1.87. The van der Waals surface area contributed by atoms with Crippen LogP contribution in [0.3, 0.4) is 0 Å². The second-order valence-corrected chi connectivity index (χ2v) is 8.43. The molecule has 2 rings (SSSR count). The monoisotopic (exact) mass is 421 g/mol. The highest BCUT2D eigenvalue weighted by molar-refractivity contribution is 8.26. The summed E-state index contributed by atoms with van der Waals surface area (Å²) in [6.07, 6.45) is 9.08. The summed E-state index contributed by atoms with van der Waals surface area (Å²) in [6.45, 7) is 4.37. The fraction of sp³-hybridized carbons (Fsp3) is 0.476.